The molecule has 1 aromatic carbocycles. The topological polar surface area (TPSA) is 66.4 Å². The predicted octanol–water partition coefficient (Wildman–Crippen LogP) is 3.29. The maximum atomic E-state index is 11.8. The van der Waals surface area contributed by atoms with E-state index in [0.29, 0.717) is 12.0 Å². The third kappa shape index (κ3) is 5.87. The van der Waals surface area contributed by atoms with Gasteiger partial charge in [0.2, 0.25) is 5.91 Å². The standard InChI is InChI=1S/C16H23NO3/c1-2-3-4-5-9-12-14(18)17-15(16(19)20)13-10-7-6-8-11-13/h6-8,10-11,15H,2-5,9,12H2,1H3,(H,17,18)(H,19,20). The highest BCUT2D eigenvalue weighted by Crippen LogP contribution is 2.13. The Labute approximate surface area is 120 Å². The van der Waals surface area contributed by atoms with Crippen molar-refractivity contribution in [1.82, 2.24) is 5.32 Å². The van der Waals surface area contributed by atoms with Crippen LogP contribution in [0.5, 0.6) is 0 Å². The number of hydrogen-bond donors (Lipinski definition) is 2. The van der Waals surface area contributed by atoms with Gasteiger partial charge in [-0.3, -0.25) is 4.79 Å². The van der Waals surface area contributed by atoms with Crippen molar-refractivity contribution in [2.75, 3.05) is 0 Å². The van der Waals surface area contributed by atoms with E-state index in [4.69, 9.17) is 0 Å². The maximum absolute atomic E-state index is 11.8. The lowest BCUT2D eigenvalue weighted by molar-refractivity contribution is -0.142. The summed E-state index contributed by atoms with van der Waals surface area (Å²) in [6, 6.07) is 7.81. The van der Waals surface area contributed by atoms with Crippen molar-refractivity contribution in [1.29, 1.82) is 0 Å². The zero-order valence-corrected chi connectivity index (χ0v) is 12.0. The lowest BCUT2D eigenvalue weighted by Gasteiger charge is -2.14. The first-order valence-electron chi connectivity index (χ1n) is 7.22. The maximum Gasteiger partial charge on any atom is 0.330 e. The number of carboxylic acids is 1. The number of benzene rings is 1. The molecule has 1 unspecified atom stereocenters. The number of aliphatic carboxylic acids is 1. The molecule has 0 heterocycles. The van der Waals surface area contributed by atoms with E-state index in [1.54, 1.807) is 24.3 Å². The summed E-state index contributed by atoms with van der Waals surface area (Å²) in [7, 11) is 0. The van der Waals surface area contributed by atoms with Crippen molar-refractivity contribution in [3.05, 3.63) is 35.9 Å². The van der Waals surface area contributed by atoms with Gasteiger partial charge in [0.15, 0.2) is 6.04 Å². The fourth-order valence-corrected chi connectivity index (χ4v) is 2.06. The molecule has 0 bridgehead atoms. The average molecular weight is 277 g/mol. The number of carbonyl (C=O) groups is 2. The number of nitrogens with one attached hydrogen (secondary N) is 1. The number of rotatable bonds is 9. The molecule has 0 aliphatic carbocycles. The van der Waals surface area contributed by atoms with E-state index in [1.165, 1.54) is 12.8 Å². The van der Waals surface area contributed by atoms with Crippen molar-refractivity contribution in [2.45, 2.75) is 51.5 Å². The molecule has 20 heavy (non-hydrogen) atoms. The van der Waals surface area contributed by atoms with Crippen LogP contribution in [0.25, 0.3) is 0 Å². The van der Waals surface area contributed by atoms with Gasteiger partial charge in [0, 0.05) is 6.42 Å². The highest BCUT2D eigenvalue weighted by atomic mass is 16.4. The second-order valence-corrected chi connectivity index (χ2v) is 4.91. The van der Waals surface area contributed by atoms with Gasteiger partial charge in [0.1, 0.15) is 0 Å². The summed E-state index contributed by atoms with van der Waals surface area (Å²) in [6.45, 7) is 2.14. The zero-order chi connectivity index (χ0) is 14.8. The number of carboxylic acid groups (broad SMARTS) is 1. The summed E-state index contributed by atoms with van der Waals surface area (Å²) in [5.74, 6) is -1.23. The van der Waals surface area contributed by atoms with Gasteiger partial charge in [-0.25, -0.2) is 4.79 Å². The van der Waals surface area contributed by atoms with Crippen LogP contribution in [0.1, 0.15) is 57.1 Å². The molecule has 4 heteroatoms. The zero-order valence-electron chi connectivity index (χ0n) is 12.0. The fourth-order valence-electron chi connectivity index (χ4n) is 2.06. The molecule has 0 aliphatic rings. The third-order valence-corrected chi connectivity index (χ3v) is 3.19. The summed E-state index contributed by atoms with van der Waals surface area (Å²) in [6.07, 6.45) is 5.70. The Balaban J connectivity index is 2.43. The van der Waals surface area contributed by atoms with E-state index >= 15 is 0 Å². The van der Waals surface area contributed by atoms with Gasteiger partial charge in [-0.1, -0.05) is 62.9 Å². The number of hydrogen-bond acceptors (Lipinski definition) is 2. The van der Waals surface area contributed by atoms with Crippen LogP contribution in [0, 0.1) is 0 Å². The summed E-state index contributed by atoms with van der Waals surface area (Å²) >= 11 is 0. The molecular formula is C16H23NO3. The highest BCUT2D eigenvalue weighted by molar-refractivity contribution is 5.84. The van der Waals surface area contributed by atoms with Gasteiger partial charge in [0.25, 0.3) is 0 Å². The Morgan fingerprint density at radius 1 is 1.10 bits per heavy atom. The second kappa shape index (κ2) is 9.13. The average Bonchev–Trinajstić information content (AvgIpc) is 2.45. The van der Waals surface area contributed by atoms with Crippen molar-refractivity contribution in [2.24, 2.45) is 0 Å². The highest BCUT2D eigenvalue weighted by Gasteiger charge is 2.21. The molecule has 2 N–H and O–H groups in total. The molecule has 0 saturated carbocycles. The van der Waals surface area contributed by atoms with Crippen LogP contribution in [0.15, 0.2) is 30.3 Å². The Bertz CT molecular complexity index is 417. The SMILES string of the molecule is CCCCCCCC(=O)NC(C(=O)O)c1ccccc1. The molecule has 0 aliphatic heterocycles. The Morgan fingerprint density at radius 3 is 2.35 bits per heavy atom. The molecule has 0 radical (unpaired) electrons. The van der Waals surface area contributed by atoms with Crippen LogP contribution >= 0.6 is 0 Å². The Morgan fingerprint density at radius 2 is 1.75 bits per heavy atom. The molecule has 1 amide bonds. The lowest BCUT2D eigenvalue weighted by atomic mass is 10.1. The van der Waals surface area contributed by atoms with E-state index in [2.05, 4.69) is 12.2 Å². The van der Waals surface area contributed by atoms with Crippen LogP contribution in [-0.4, -0.2) is 17.0 Å². The smallest absolute Gasteiger partial charge is 0.330 e. The number of carbonyl (C=O) groups excluding carboxylic acids is 1. The summed E-state index contributed by atoms with van der Waals surface area (Å²) in [4.78, 5) is 23.0. The van der Waals surface area contributed by atoms with Crippen LogP contribution < -0.4 is 5.32 Å². The normalized spacial score (nSPS) is 11.8. The lowest BCUT2D eigenvalue weighted by Crippen LogP contribution is -2.33. The first kappa shape index (κ1) is 16.2. The predicted molar refractivity (Wildman–Crippen MR) is 78.3 cm³/mol. The molecule has 0 aromatic heterocycles. The van der Waals surface area contributed by atoms with Crippen molar-refractivity contribution >= 4 is 11.9 Å². The minimum Gasteiger partial charge on any atom is -0.479 e. The monoisotopic (exact) mass is 277 g/mol. The van der Waals surface area contributed by atoms with E-state index in [0.717, 1.165) is 19.3 Å². The number of unbranched alkanes of at least 4 members (excludes halogenated alkanes) is 4. The van der Waals surface area contributed by atoms with E-state index in [1.807, 2.05) is 6.07 Å². The molecule has 0 spiro atoms. The molecular weight excluding hydrogens is 254 g/mol. The fraction of sp³-hybridized carbons (Fsp3) is 0.500. The third-order valence-electron chi connectivity index (χ3n) is 3.19. The van der Waals surface area contributed by atoms with Crippen molar-refractivity contribution < 1.29 is 14.7 Å². The minimum atomic E-state index is -1.03. The first-order chi connectivity index (χ1) is 9.65. The molecule has 4 nitrogen and oxygen atoms in total. The van der Waals surface area contributed by atoms with Crippen molar-refractivity contribution in [3.63, 3.8) is 0 Å². The molecule has 0 saturated heterocycles. The van der Waals surface area contributed by atoms with Gasteiger partial charge in [-0.2, -0.15) is 0 Å². The molecule has 1 atom stereocenters. The summed E-state index contributed by atoms with van der Waals surface area (Å²) in [5, 5.41) is 11.8. The largest absolute Gasteiger partial charge is 0.479 e. The van der Waals surface area contributed by atoms with Crippen molar-refractivity contribution in [3.8, 4) is 0 Å². The first-order valence-corrected chi connectivity index (χ1v) is 7.22. The van der Waals surface area contributed by atoms with E-state index in [9.17, 15) is 14.7 Å². The van der Waals surface area contributed by atoms with Crippen LogP contribution in [0.2, 0.25) is 0 Å². The molecule has 110 valence electrons. The van der Waals surface area contributed by atoms with E-state index in [-0.39, 0.29) is 5.91 Å². The summed E-state index contributed by atoms with van der Waals surface area (Å²) < 4.78 is 0. The van der Waals surface area contributed by atoms with Gasteiger partial charge in [-0.05, 0) is 12.0 Å². The minimum absolute atomic E-state index is 0.197. The van der Waals surface area contributed by atoms with Gasteiger partial charge < -0.3 is 10.4 Å². The van der Waals surface area contributed by atoms with Gasteiger partial charge in [-0.15, -0.1) is 0 Å². The van der Waals surface area contributed by atoms with Crippen LogP contribution in [0.4, 0.5) is 0 Å². The van der Waals surface area contributed by atoms with Crippen LogP contribution in [-0.2, 0) is 9.59 Å². The second-order valence-electron chi connectivity index (χ2n) is 4.91. The van der Waals surface area contributed by atoms with Crippen LogP contribution in [0.3, 0.4) is 0 Å². The quantitative estimate of drug-likeness (QED) is 0.681. The van der Waals surface area contributed by atoms with E-state index < -0.39 is 12.0 Å². The summed E-state index contributed by atoms with van der Waals surface area (Å²) in [5.41, 5.74) is 0.597. The number of amides is 1. The van der Waals surface area contributed by atoms with Gasteiger partial charge in [0.05, 0.1) is 0 Å². The molecule has 1 rings (SSSR count). The molecule has 1 aromatic rings. The molecule has 0 fully saturated rings. The van der Waals surface area contributed by atoms with Gasteiger partial charge >= 0.3 is 5.97 Å². The Kier molecular flexibility index (Phi) is 7.40. The Hall–Kier alpha value is -1.84.